The summed E-state index contributed by atoms with van der Waals surface area (Å²) in [6.07, 6.45) is 1.75. The zero-order valence-corrected chi connectivity index (χ0v) is 17.3. The van der Waals surface area contributed by atoms with Crippen molar-refractivity contribution in [3.8, 4) is 0 Å². The minimum absolute atomic E-state index is 0.0512. The fourth-order valence-corrected chi connectivity index (χ4v) is 5.23. The minimum atomic E-state index is -3.54. The van der Waals surface area contributed by atoms with Gasteiger partial charge in [0.1, 0.15) is 6.04 Å². The van der Waals surface area contributed by atoms with Crippen LogP contribution in [0.4, 0.5) is 0 Å². The van der Waals surface area contributed by atoms with E-state index >= 15 is 0 Å². The number of carbonyl (C=O) groups is 2. The van der Waals surface area contributed by atoms with Crippen LogP contribution in [0.15, 0.2) is 24.3 Å². The van der Waals surface area contributed by atoms with Crippen LogP contribution in [0.2, 0.25) is 0 Å². The van der Waals surface area contributed by atoms with E-state index in [-0.39, 0.29) is 36.6 Å². The molecule has 0 radical (unpaired) electrons. The molecule has 28 heavy (non-hydrogen) atoms. The van der Waals surface area contributed by atoms with Crippen LogP contribution in [-0.2, 0) is 37.3 Å². The number of benzene rings is 1. The van der Waals surface area contributed by atoms with Gasteiger partial charge in [0.25, 0.3) is 0 Å². The van der Waals surface area contributed by atoms with E-state index in [0.717, 1.165) is 11.1 Å². The van der Waals surface area contributed by atoms with Crippen molar-refractivity contribution < 1.29 is 22.7 Å². The molecular formula is C20H28N2O5S. The molecule has 0 N–H and O–H groups in total. The molecule has 0 aliphatic carbocycles. The molecule has 154 valence electrons. The lowest BCUT2D eigenvalue weighted by Gasteiger charge is -2.39. The Morgan fingerprint density at radius 2 is 1.89 bits per heavy atom. The van der Waals surface area contributed by atoms with Gasteiger partial charge in [0.15, 0.2) is 0 Å². The van der Waals surface area contributed by atoms with Crippen LogP contribution in [0.25, 0.3) is 0 Å². The number of ether oxygens (including phenoxy) is 1. The molecule has 0 bridgehead atoms. The molecule has 3 rings (SSSR count). The maximum Gasteiger partial charge on any atom is 0.310 e. The van der Waals surface area contributed by atoms with Gasteiger partial charge in [0, 0.05) is 19.6 Å². The van der Waals surface area contributed by atoms with Gasteiger partial charge >= 0.3 is 5.97 Å². The van der Waals surface area contributed by atoms with Crippen molar-refractivity contribution in [1.29, 1.82) is 0 Å². The molecule has 0 spiro atoms. The van der Waals surface area contributed by atoms with Gasteiger partial charge in [-0.3, -0.25) is 9.59 Å². The molecule has 1 aromatic rings. The number of fused-ring (bicyclic) bond motifs is 1. The lowest BCUT2D eigenvalue weighted by molar-refractivity contribution is -0.152. The fraction of sp³-hybridized carbons (Fsp3) is 0.600. The summed E-state index contributed by atoms with van der Waals surface area (Å²) in [5, 5.41) is 0. The van der Waals surface area contributed by atoms with Gasteiger partial charge in [-0.15, -0.1) is 0 Å². The second kappa shape index (κ2) is 8.61. The van der Waals surface area contributed by atoms with Crippen molar-refractivity contribution in [2.75, 3.05) is 25.4 Å². The zero-order valence-electron chi connectivity index (χ0n) is 16.5. The maximum atomic E-state index is 13.3. The van der Waals surface area contributed by atoms with E-state index in [0.29, 0.717) is 32.4 Å². The molecule has 7 nitrogen and oxygen atoms in total. The van der Waals surface area contributed by atoms with Crippen molar-refractivity contribution in [2.24, 2.45) is 5.92 Å². The first-order valence-corrected chi connectivity index (χ1v) is 11.5. The van der Waals surface area contributed by atoms with E-state index in [9.17, 15) is 18.0 Å². The lowest BCUT2D eigenvalue weighted by atomic mass is 9.93. The number of carbonyl (C=O) groups excluding carboxylic acids is 2. The van der Waals surface area contributed by atoms with E-state index in [1.54, 1.807) is 18.7 Å². The molecule has 8 heteroatoms. The number of hydrogen-bond donors (Lipinski definition) is 0. The summed E-state index contributed by atoms with van der Waals surface area (Å²) in [6.45, 7) is 4.69. The van der Waals surface area contributed by atoms with Crippen LogP contribution >= 0.6 is 0 Å². The molecule has 2 heterocycles. The standard InChI is InChI=1S/C20H28N2O5S/c1-3-27-20(24)17-10-7-11-21(13-17)19(23)18-12-15-8-5-6-9-16(15)14-22(18)28(25,26)4-2/h5-6,8-9,17-18H,3-4,7,10-14H2,1-2H3/t17-,18+/m0/s1. The van der Waals surface area contributed by atoms with Gasteiger partial charge in [-0.1, -0.05) is 24.3 Å². The van der Waals surface area contributed by atoms with Crippen molar-refractivity contribution in [2.45, 2.75) is 45.7 Å². The summed E-state index contributed by atoms with van der Waals surface area (Å²) in [6, 6.07) is 6.88. The van der Waals surface area contributed by atoms with E-state index in [1.807, 2.05) is 24.3 Å². The molecule has 0 aromatic heterocycles. The largest absolute Gasteiger partial charge is 0.466 e. The Balaban J connectivity index is 1.84. The number of likely N-dealkylation sites (tertiary alicyclic amines) is 1. The van der Waals surface area contributed by atoms with E-state index in [2.05, 4.69) is 0 Å². The maximum absolute atomic E-state index is 13.3. The summed E-state index contributed by atoms with van der Waals surface area (Å²) in [7, 11) is -3.54. The Labute approximate surface area is 166 Å². The summed E-state index contributed by atoms with van der Waals surface area (Å²) >= 11 is 0. The first kappa shape index (κ1) is 20.8. The van der Waals surface area contributed by atoms with Gasteiger partial charge in [-0.05, 0) is 44.2 Å². The average molecular weight is 409 g/mol. The molecule has 1 saturated heterocycles. The number of amides is 1. The number of piperidine rings is 1. The van der Waals surface area contributed by atoms with Gasteiger partial charge in [0.05, 0.1) is 18.3 Å². The first-order valence-electron chi connectivity index (χ1n) is 9.89. The molecule has 2 atom stereocenters. The first-order chi connectivity index (χ1) is 13.4. The van der Waals surface area contributed by atoms with Crippen LogP contribution in [0.1, 0.15) is 37.8 Å². The summed E-state index contributed by atoms with van der Waals surface area (Å²) in [5.41, 5.74) is 1.94. The lowest BCUT2D eigenvalue weighted by Crippen LogP contribution is -2.56. The van der Waals surface area contributed by atoms with Crippen LogP contribution in [-0.4, -0.2) is 61.0 Å². The molecule has 0 saturated carbocycles. The van der Waals surface area contributed by atoms with Crippen molar-refractivity contribution in [3.05, 3.63) is 35.4 Å². The quantitative estimate of drug-likeness (QED) is 0.691. The molecule has 0 unspecified atom stereocenters. The van der Waals surface area contributed by atoms with E-state index < -0.39 is 16.1 Å². The Bertz CT molecular complexity index is 839. The molecule has 1 amide bonds. The smallest absolute Gasteiger partial charge is 0.310 e. The van der Waals surface area contributed by atoms with Gasteiger partial charge in [-0.2, -0.15) is 4.31 Å². The summed E-state index contributed by atoms with van der Waals surface area (Å²) in [5.74, 6) is -0.901. The molecule has 1 fully saturated rings. The Morgan fingerprint density at radius 1 is 1.18 bits per heavy atom. The highest BCUT2D eigenvalue weighted by atomic mass is 32.2. The molecule has 2 aliphatic heterocycles. The van der Waals surface area contributed by atoms with Crippen molar-refractivity contribution >= 4 is 21.9 Å². The zero-order chi connectivity index (χ0) is 20.3. The third kappa shape index (κ3) is 4.22. The predicted octanol–water partition coefficient (Wildman–Crippen LogP) is 1.56. The average Bonchev–Trinajstić information content (AvgIpc) is 2.72. The Morgan fingerprint density at radius 3 is 2.57 bits per heavy atom. The summed E-state index contributed by atoms with van der Waals surface area (Å²) in [4.78, 5) is 27.1. The van der Waals surface area contributed by atoms with Gasteiger partial charge < -0.3 is 9.64 Å². The highest BCUT2D eigenvalue weighted by Crippen LogP contribution is 2.28. The number of sulfonamides is 1. The highest BCUT2D eigenvalue weighted by Gasteiger charge is 2.41. The SMILES string of the molecule is CCOC(=O)[C@H]1CCCN(C(=O)[C@H]2Cc3ccccc3CN2S(=O)(=O)CC)C1. The molecule has 1 aromatic carbocycles. The van der Waals surface area contributed by atoms with Crippen LogP contribution < -0.4 is 0 Å². The fourth-order valence-electron chi connectivity index (χ4n) is 4.01. The topological polar surface area (TPSA) is 84.0 Å². The third-order valence-electron chi connectivity index (χ3n) is 5.57. The van der Waals surface area contributed by atoms with Crippen LogP contribution in [0.3, 0.4) is 0 Å². The molecule has 2 aliphatic rings. The number of esters is 1. The Kier molecular flexibility index (Phi) is 6.40. The molecular weight excluding hydrogens is 380 g/mol. The third-order valence-corrected chi connectivity index (χ3v) is 7.39. The van der Waals surface area contributed by atoms with Crippen LogP contribution in [0, 0.1) is 5.92 Å². The van der Waals surface area contributed by atoms with Crippen molar-refractivity contribution in [1.82, 2.24) is 9.21 Å². The highest BCUT2D eigenvalue weighted by molar-refractivity contribution is 7.89. The predicted molar refractivity (Wildman–Crippen MR) is 105 cm³/mol. The van der Waals surface area contributed by atoms with Crippen LogP contribution in [0.5, 0.6) is 0 Å². The Hall–Kier alpha value is -1.93. The number of rotatable bonds is 5. The van der Waals surface area contributed by atoms with Gasteiger partial charge in [0.2, 0.25) is 15.9 Å². The second-order valence-corrected chi connectivity index (χ2v) is 9.52. The second-order valence-electron chi connectivity index (χ2n) is 7.31. The monoisotopic (exact) mass is 408 g/mol. The number of nitrogens with zero attached hydrogens (tertiary/aromatic N) is 2. The minimum Gasteiger partial charge on any atom is -0.466 e. The summed E-state index contributed by atoms with van der Waals surface area (Å²) < 4.78 is 31.9. The van der Waals surface area contributed by atoms with E-state index in [4.69, 9.17) is 4.74 Å². The number of hydrogen-bond acceptors (Lipinski definition) is 5. The van der Waals surface area contributed by atoms with Gasteiger partial charge in [-0.25, -0.2) is 8.42 Å². The van der Waals surface area contributed by atoms with E-state index in [1.165, 1.54) is 4.31 Å². The normalized spacial score (nSPS) is 23.1. The van der Waals surface area contributed by atoms with Crippen molar-refractivity contribution in [3.63, 3.8) is 0 Å².